The van der Waals surface area contributed by atoms with Crippen LogP contribution in [0.5, 0.6) is 5.75 Å². The fraction of sp³-hybridized carbons (Fsp3) is 0.0769. The second-order valence-electron chi connectivity index (χ2n) is 3.67. The average Bonchev–Trinajstić information content (AvgIpc) is 2.75. The molecular weight excluding hydrogens is 272 g/mol. The van der Waals surface area contributed by atoms with E-state index < -0.39 is 23.2 Å². The third kappa shape index (κ3) is 2.77. The van der Waals surface area contributed by atoms with Gasteiger partial charge in [0.05, 0.1) is 0 Å². The van der Waals surface area contributed by atoms with E-state index in [2.05, 4.69) is 0 Å². The van der Waals surface area contributed by atoms with E-state index in [1.54, 1.807) is 12.1 Å². The predicted molar refractivity (Wildman–Crippen MR) is 65.1 cm³/mol. The minimum Gasteiger partial charge on any atom is -0.422 e. The number of rotatable bonds is 2. The first-order valence-electron chi connectivity index (χ1n) is 5.19. The lowest BCUT2D eigenvalue weighted by atomic mass is 10.2. The highest BCUT2D eigenvalue weighted by atomic mass is 32.1. The molecule has 3 nitrogen and oxygen atoms in total. The number of halogens is 2. The van der Waals surface area contributed by atoms with Gasteiger partial charge in [0, 0.05) is 17.0 Å². The summed E-state index contributed by atoms with van der Waals surface area (Å²) in [5.74, 6) is -3.09. The maximum Gasteiger partial charge on any atom is 0.353 e. The van der Waals surface area contributed by atoms with Gasteiger partial charge < -0.3 is 4.74 Å². The predicted octanol–water partition coefficient (Wildman–Crippen LogP) is 3.43. The monoisotopic (exact) mass is 279 g/mol. The van der Waals surface area contributed by atoms with Crippen LogP contribution in [0.15, 0.2) is 24.3 Å². The molecule has 0 bridgehead atoms. The van der Waals surface area contributed by atoms with Crippen LogP contribution in [0, 0.1) is 29.9 Å². The number of esters is 1. The lowest BCUT2D eigenvalue weighted by Crippen LogP contribution is -2.07. The van der Waals surface area contributed by atoms with E-state index >= 15 is 0 Å². The molecule has 6 heteroatoms. The first-order valence-corrected chi connectivity index (χ1v) is 6.00. The lowest BCUT2D eigenvalue weighted by Gasteiger charge is -2.04. The second-order valence-corrected chi connectivity index (χ2v) is 4.96. The third-order valence-corrected chi connectivity index (χ3v) is 3.26. The Labute approximate surface area is 111 Å². The lowest BCUT2D eigenvalue weighted by molar-refractivity contribution is 0.0739. The van der Waals surface area contributed by atoms with Gasteiger partial charge in [-0.1, -0.05) is 0 Å². The first-order chi connectivity index (χ1) is 9.01. The zero-order valence-electron chi connectivity index (χ0n) is 9.74. The highest BCUT2D eigenvalue weighted by molar-refractivity contribution is 7.13. The summed E-state index contributed by atoms with van der Waals surface area (Å²) in [6.07, 6.45) is 0. The zero-order chi connectivity index (χ0) is 14.0. The van der Waals surface area contributed by atoms with Gasteiger partial charge in [-0.2, -0.15) is 5.26 Å². The number of nitrogens with zero attached hydrogens (tertiary/aromatic N) is 1. The van der Waals surface area contributed by atoms with Crippen LogP contribution in [-0.2, 0) is 0 Å². The summed E-state index contributed by atoms with van der Waals surface area (Å²) in [6.45, 7) is 1.82. The largest absolute Gasteiger partial charge is 0.422 e. The summed E-state index contributed by atoms with van der Waals surface area (Å²) >= 11 is 1.22. The van der Waals surface area contributed by atoms with Crippen molar-refractivity contribution in [3.63, 3.8) is 0 Å². The number of thiophene rings is 1. The Morgan fingerprint density at radius 2 is 1.95 bits per heavy atom. The Morgan fingerprint density at radius 1 is 1.32 bits per heavy atom. The number of hydrogen-bond acceptors (Lipinski definition) is 4. The molecule has 0 aliphatic heterocycles. The number of ether oxygens (including phenoxy) is 1. The maximum absolute atomic E-state index is 13.3. The Morgan fingerprint density at radius 3 is 2.42 bits per heavy atom. The van der Waals surface area contributed by atoms with Crippen molar-refractivity contribution in [2.75, 3.05) is 0 Å². The molecule has 0 spiro atoms. The van der Waals surface area contributed by atoms with Crippen molar-refractivity contribution in [3.8, 4) is 11.8 Å². The molecule has 1 aromatic carbocycles. The Kier molecular flexibility index (Phi) is 3.58. The van der Waals surface area contributed by atoms with Gasteiger partial charge in [-0.05, 0) is 19.1 Å². The Balaban J connectivity index is 2.25. The van der Waals surface area contributed by atoms with Crippen molar-refractivity contribution in [2.24, 2.45) is 0 Å². The van der Waals surface area contributed by atoms with Crippen LogP contribution >= 0.6 is 11.3 Å². The van der Waals surface area contributed by atoms with E-state index in [4.69, 9.17) is 10.00 Å². The SMILES string of the molecule is Cc1ccc(C(=O)Oc2cc(F)c(C#N)c(F)c2)s1. The van der Waals surface area contributed by atoms with Crippen molar-refractivity contribution in [1.82, 2.24) is 0 Å². The molecule has 2 rings (SSSR count). The van der Waals surface area contributed by atoms with Gasteiger partial charge in [-0.25, -0.2) is 13.6 Å². The fourth-order valence-corrected chi connectivity index (χ4v) is 2.16. The average molecular weight is 279 g/mol. The molecule has 0 N–H and O–H groups in total. The molecule has 0 atom stereocenters. The van der Waals surface area contributed by atoms with Crippen molar-refractivity contribution >= 4 is 17.3 Å². The smallest absolute Gasteiger partial charge is 0.353 e. The van der Waals surface area contributed by atoms with E-state index in [9.17, 15) is 13.6 Å². The van der Waals surface area contributed by atoms with Crippen LogP contribution < -0.4 is 4.74 Å². The molecule has 1 aromatic heterocycles. The van der Waals surface area contributed by atoms with Gasteiger partial charge in [-0.3, -0.25) is 0 Å². The summed E-state index contributed by atoms with van der Waals surface area (Å²) in [4.78, 5) is 12.9. The molecular formula is C13H7F2NO2S. The summed E-state index contributed by atoms with van der Waals surface area (Å²) in [5, 5.41) is 8.52. The molecule has 0 amide bonds. The summed E-state index contributed by atoms with van der Waals surface area (Å²) in [7, 11) is 0. The highest BCUT2D eigenvalue weighted by Crippen LogP contribution is 2.22. The van der Waals surface area contributed by atoms with E-state index in [1.165, 1.54) is 17.4 Å². The number of hydrogen-bond donors (Lipinski definition) is 0. The second kappa shape index (κ2) is 5.16. The number of carbonyl (C=O) groups excluding carboxylic acids is 1. The van der Waals surface area contributed by atoms with Gasteiger partial charge in [0.25, 0.3) is 0 Å². The minimum atomic E-state index is -1.06. The molecule has 0 aliphatic rings. The van der Waals surface area contributed by atoms with Gasteiger partial charge in [0.2, 0.25) is 0 Å². The van der Waals surface area contributed by atoms with Gasteiger partial charge in [-0.15, -0.1) is 11.3 Å². The van der Waals surface area contributed by atoms with Crippen molar-refractivity contribution < 1.29 is 18.3 Å². The molecule has 0 saturated carbocycles. The molecule has 2 aromatic rings. The highest BCUT2D eigenvalue weighted by Gasteiger charge is 2.15. The van der Waals surface area contributed by atoms with E-state index in [0.717, 1.165) is 17.0 Å². The standard InChI is InChI=1S/C13H7F2NO2S/c1-7-2-3-12(19-7)13(17)18-8-4-10(14)9(6-16)11(15)5-8/h2-5H,1H3. The van der Waals surface area contributed by atoms with Crippen molar-refractivity contribution in [1.29, 1.82) is 5.26 Å². The van der Waals surface area contributed by atoms with E-state index in [1.807, 2.05) is 6.92 Å². The van der Waals surface area contributed by atoms with E-state index in [-0.39, 0.29) is 5.75 Å². The maximum atomic E-state index is 13.3. The van der Waals surface area contributed by atoms with Gasteiger partial charge in [0.1, 0.15) is 33.9 Å². The van der Waals surface area contributed by atoms with E-state index in [0.29, 0.717) is 4.88 Å². The number of aryl methyl sites for hydroxylation is 1. The van der Waals surface area contributed by atoms with Gasteiger partial charge >= 0.3 is 5.97 Å². The molecule has 0 saturated heterocycles. The third-order valence-electron chi connectivity index (χ3n) is 2.28. The normalized spacial score (nSPS) is 10.0. The van der Waals surface area contributed by atoms with Crippen LogP contribution in [0.3, 0.4) is 0 Å². The quantitative estimate of drug-likeness (QED) is 0.625. The summed E-state index contributed by atoms with van der Waals surface area (Å²) in [6, 6.07) is 6.31. The summed E-state index contributed by atoms with van der Waals surface area (Å²) in [5.41, 5.74) is -0.702. The van der Waals surface area contributed by atoms with Crippen LogP contribution in [0.25, 0.3) is 0 Å². The molecule has 19 heavy (non-hydrogen) atoms. The Bertz CT molecular complexity index is 665. The van der Waals surface area contributed by atoms with Crippen molar-refractivity contribution in [2.45, 2.75) is 6.92 Å². The molecule has 0 aliphatic carbocycles. The topological polar surface area (TPSA) is 50.1 Å². The number of carbonyl (C=O) groups is 1. The molecule has 0 unspecified atom stereocenters. The Hall–Kier alpha value is -2.26. The van der Waals surface area contributed by atoms with Crippen LogP contribution in [0.1, 0.15) is 20.1 Å². The first kappa shape index (κ1) is 13.2. The van der Waals surface area contributed by atoms with Gasteiger partial charge in [0.15, 0.2) is 0 Å². The fourth-order valence-electron chi connectivity index (χ4n) is 1.42. The van der Waals surface area contributed by atoms with Crippen LogP contribution in [-0.4, -0.2) is 5.97 Å². The van der Waals surface area contributed by atoms with Crippen LogP contribution in [0.2, 0.25) is 0 Å². The molecule has 0 radical (unpaired) electrons. The molecule has 96 valence electrons. The van der Waals surface area contributed by atoms with Crippen molar-refractivity contribution in [3.05, 3.63) is 51.2 Å². The minimum absolute atomic E-state index is 0.273. The number of benzene rings is 1. The van der Waals surface area contributed by atoms with Crippen LogP contribution in [0.4, 0.5) is 8.78 Å². The zero-order valence-corrected chi connectivity index (χ0v) is 10.6. The summed E-state index contributed by atoms with van der Waals surface area (Å²) < 4.78 is 31.5. The number of nitriles is 1. The molecule has 1 heterocycles. The molecule has 0 fully saturated rings.